The number of methoxy groups -OCH3 is 1. The molecule has 4 heteroatoms. The van der Waals surface area contributed by atoms with Gasteiger partial charge in [0.25, 0.3) is 0 Å². The number of hydrogen-bond acceptors (Lipinski definition) is 4. The van der Waals surface area contributed by atoms with Crippen LogP contribution in [0.5, 0.6) is 0 Å². The van der Waals surface area contributed by atoms with Gasteiger partial charge in [0.1, 0.15) is 6.61 Å². The maximum Gasteiger partial charge on any atom is 0.338 e. The first-order valence-corrected chi connectivity index (χ1v) is 4.79. The van der Waals surface area contributed by atoms with Gasteiger partial charge in [0.05, 0.1) is 18.2 Å². The van der Waals surface area contributed by atoms with E-state index in [1.54, 1.807) is 30.3 Å². The molecule has 0 N–H and O–H groups in total. The van der Waals surface area contributed by atoms with Crippen LogP contribution in [0.2, 0.25) is 0 Å². The van der Waals surface area contributed by atoms with Crippen molar-refractivity contribution < 1.29 is 19.1 Å². The summed E-state index contributed by atoms with van der Waals surface area (Å²) in [6.07, 6.45) is 1.66. The SMILES string of the molecule is COC(=O)c1ccccc1C1=CCOC1=O. The molecule has 1 aliphatic heterocycles. The van der Waals surface area contributed by atoms with Crippen molar-refractivity contribution in [3.63, 3.8) is 0 Å². The Hall–Kier alpha value is -2.10. The lowest BCUT2D eigenvalue weighted by Gasteiger charge is -2.06. The number of hydrogen-bond donors (Lipinski definition) is 0. The molecule has 0 saturated carbocycles. The van der Waals surface area contributed by atoms with Gasteiger partial charge in [-0.15, -0.1) is 0 Å². The van der Waals surface area contributed by atoms with E-state index in [0.717, 1.165) is 0 Å². The van der Waals surface area contributed by atoms with Crippen LogP contribution in [0.4, 0.5) is 0 Å². The van der Waals surface area contributed by atoms with E-state index in [2.05, 4.69) is 4.74 Å². The molecule has 0 aromatic heterocycles. The van der Waals surface area contributed by atoms with Crippen molar-refractivity contribution in [2.45, 2.75) is 0 Å². The molecule has 0 unspecified atom stereocenters. The van der Waals surface area contributed by atoms with Crippen molar-refractivity contribution >= 4 is 17.5 Å². The molecule has 0 atom stereocenters. The van der Waals surface area contributed by atoms with Crippen molar-refractivity contribution in [2.24, 2.45) is 0 Å². The summed E-state index contributed by atoms with van der Waals surface area (Å²) in [6, 6.07) is 6.79. The van der Waals surface area contributed by atoms with Crippen molar-refractivity contribution in [1.29, 1.82) is 0 Å². The maximum absolute atomic E-state index is 11.5. The van der Waals surface area contributed by atoms with Crippen LogP contribution >= 0.6 is 0 Å². The zero-order valence-corrected chi connectivity index (χ0v) is 8.73. The third kappa shape index (κ3) is 1.69. The van der Waals surface area contributed by atoms with Gasteiger partial charge in [-0.25, -0.2) is 9.59 Å². The molecule has 16 heavy (non-hydrogen) atoms. The predicted octanol–water partition coefficient (Wildman–Crippen LogP) is 1.41. The van der Waals surface area contributed by atoms with Gasteiger partial charge < -0.3 is 9.47 Å². The second kappa shape index (κ2) is 4.18. The monoisotopic (exact) mass is 218 g/mol. The topological polar surface area (TPSA) is 52.6 Å². The second-order valence-electron chi connectivity index (χ2n) is 3.25. The van der Waals surface area contributed by atoms with E-state index in [0.29, 0.717) is 16.7 Å². The highest BCUT2D eigenvalue weighted by molar-refractivity contribution is 6.20. The molecule has 0 fully saturated rings. The lowest BCUT2D eigenvalue weighted by molar-refractivity contribution is -0.133. The Morgan fingerprint density at radius 2 is 2.12 bits per heavy atom. The Kier molecular flexibility index (Phi) is 2.72. The van der Waals surface area contributed by atoms with Crippen molar-refractivity contribution in [2.75, 3.05) is 13.7 Å². The van der Waals surface area contributed by atoms with Crippen LogP contribution in [0.15, 0.2) is 30.3 Å². The Balaban J connectivity index is 2.48. The summed E-state index contributed by atoms with van der Waals surface area (Å²) in [4.78, 5) is 22.9. The largest absolute Gasteiger partial charge is 0.465 e. The van der Waals surface area contributed by atoms with E-state index in [-0.39, 0.29) is 6.61 Å². The summed E-state index contributed by atoms with van der Waals surface area (Å²) in [5.41, 5.74) is 1.34. The lowest BCUT2D eigenvalue weighted by atomic mass is 10.0. The summed E-state index contributed by atoms with van der Waals surface area (Å²) >= 11 is 0. The minimum Gasteiger partial charge on any atom is -0.465 e. The fourth-order valence-electron chi connectivity index (χ4n) is 1.59. The average Bonchev–Trinajstić information content (AvgIpc) is 2.74. The van der Waals surface area contributed by atoms with Crippen molar-refractivity contribution in [3.05, 3.63) is 41.5 Å². The molecule has 0 aliphatic carbocycles. The van der Waals surface area contributed by atoms with Gasteiger partial charge in [-0.3, -0.25) is 0 Å². The van der Waals surface area contributed by atoms with Crippen LogP contribution in [0, 0.1) is 0 Å². The van der Waals surface area contributed by atoms with Crippen LogP contribution in [-0.4, -0.2) is 25.7 Å². The summed E-state index contributed by atoms with van der Waals surface area (Å²) in [5.74, 6) is -0.868. The standard InChI is InChI=1S/C12H10O4/c1-15-11(13)9-5-3-2-4-8(9)10-6-7-16-12(10)14/h2-6H,7H2,1H3. The molecular weight excluding hydrogens is 208 g/mol. The molecule has 0 bridgehead atoms. The molecular formula is C12H10O4. The van der Waals surface area contributed by atoms with Crippen molar-refractivity contribution in [3.8, 4) is 0 Å². The van der Waals surface area contributed by atoms with E-state index >= 15 is 0 Å². The van der Waals surface area contributed by atoms with Gasteiger partial charge in [0, 0.05) is 5.56 Å². The first kappa shape index (κ1) is 10.4. The highest BCUT2D eigenvalue weighted by Gasteiger charge is 2.23. The molecule has 1 aromatic rings. The van der Waals surface area contributed by atoms with Crippen LogP contribution in [-0.2, 0) is 14.3 Å². The number of carbonyl (C=O) groups is 2. The fraction of sp³-hybridized carbons (Fsp3) is 0.167. The van der Waals surface area contributed by atoms with Gasteiger partial charge in [0.15, 0.2) is 0 Å². The lowest BCUT2D eigenvalue weighted by Crippen LogP contribution is -2.07. The van der Waals surface area contributed by atoms with E-state index in [1.165, 1.54) is 7.11 Å². The van der Waals surface area contributed by atoms with Gasteiger partial charge in [-0.05, 0) is 12.1 Å². The summed E-state index contributed by atoms with van der Waals surface area (Å²) in [7, 11) is 1.31. The number of carbonyl (C=O) groups excluding carboxylic acids is 2. The minimum absolute atomic E-state index is 0.254. The first-order valence-electron chi connectivity index (χ1n) is 4.79. The highest BCUT2D eigenvalue weighted by atomic mass is 16.5. The normalized spacial score (nSPS) is 14.3. The Morgan fingerprint density at radius 3 is 2.75 bits per heavy atom. The molecule has 82 valence electrons. The molecule has 0 radical (unpaired) electrons. The predicted molar refractivity (Wildman–Crippen MR) is 56.7 cm³/mol. The van der Waals surface area contributed by atoms with Gasteiger partial charge in [-0.1, -0.05) is 18.2 Å². The van der Waals surface area contributed by atoms with Crippen molar-refractivity contribution in [1.82, 2.24) is 0 Å². The van der Waals surface area contributed by atoms with Gasteiger partial charge >= 0.3 is 11.9 Å². The highest BCUT2D eigenvalue weighted by Crippen LogP contribution is 2.24. The van der Waals surface area contributed by atoms with Crippen LogP contribution in [0.3, 0.4) is 0 Å². The van der Waals surface area contributed by atoms with E-state index < -0.39 is 11.9 Å². The molecule has 4 nitrogen and oxygen atoms in total. The first-order chi connectivity index (χ1) is 7.74. The van der Waals surface area contributed by atoms with Gasteiger partial charge in [-0.2, -0.15) is 0 Å². The molecule has 1 aliphatic rings. The van der Waals surface area contributed by atoms with Crippen LogP contribution < -0.4 is 0 Å². The third-order valence-electron chi connectivity index (χ3n) is 2.34. The summed E-state index contributed by atoms with van der Waals surface area (Å²) in [5, 5.41) is 0. The molecule has 1 heterocycles. The second-order valence-corrected chi connectivity index (χ2v) is 3.25. The smallest absolute Gasteiger partial charge is 0.338 e. The Morgan fingerprint density at radius 1 is 1.38 bits per heavy atom. The fourth-order valence-corrected chi connectivity index (χ4v) is 1.59. The quantitative estimate of drug-likeness (QED) is 0.704. The molecule has 1 aromatic carbocycles. The minimum atomic E-state index is -0.462. The zero-order valence-electron chi connectivity index (χ0n) is 8.73. The van der Waals surface area contributed by atoms with Gasteiger partial charge in [0.2, 0.25) is 0 Å². The summed E-state index contributed by atoms with van der Waals surface area (Å²) in [6.45, 7) is 0.254. The summed E-state index contributed by atoms with van der Waals surface area (Å²) < 4.78 is 9.46. The number of ether oxygens (including phenoxy) is 2. The van der Waals surface area contributed by atoms with Crippen LogP contribution in [0.1, 0.15) is 15.9 Å². The van der Waals surface area contributed by atoms with E-state index in [4.69, 9.17) is 4.74 Å². The number of esters is 2. The number of rotatable bonds is 2. The molecule has 0 amide bonds. The molecule has 0 saturated heterocycles. The Bertz CT molecular complexity index is 474. The van der Waals surface area contributed by atoms with E-state index in [9.17, 15) is 9.59 Å². The average molecular weight is 218 g/mol. The molecule has 2 rings (SSSR count). The third-order valence-corrected chi connectivity index (χ3v) is 2.34. The zero-order chi connectivity index (χ0) is 11.5. The number of cyclic esters (lactones) is 1. The Labute approximate surface area is 92.5 Å². The van der Waals surface area contributed by atoms with E-state index in [1.807, 2.05) is 0 Å². The molecule has 0 spiro atoms. The maximum atomic E-state index is 11.5. The van der Waals surface area contributed by atoms with Crippen LogP contribution in [0.25, 0.3) is 5.57 Å². The number of benzene rings is 1.